The van der Waals surface area contributed by atoms with Gasteiger partial charge >= 0.3 is 0 Å². The van der Waals surface area contributed by atoms with Gasteiger partial charge in [0, 0.05) is 0 Å². The van der Waals surface area contributed by atoms with Crippen LogP contribution in [-0.2, 0) is 0 Å². The Balaban J connectivity index is 2.71. The predicted molar refractivity (Wildman–Crippen MR) is 104 cm³/mol. The zero-order valence-corrected chi connectivity index (χ0v) is 17.8. The predicted octanol–water partition coefficient (Wildman–Crippen LogP) is 9.79. The second kappa shape index (κ2) is 7.80. The van der Waals surface area contributed by atoms with Crippen molar-refractivity contribution in [2.24, 2.45) is 0 Å². The summed E-state index contributed by atoms with van der Waals surface area (Å²) in [4.78, 5) is 0. The van der Waals surface area contributed by atoms with E-state index in [0.717, 1.165) is 0 Å². The Bertz CT molecular complexity index is 691. The zero-order valence-electron chi connectivity index (χ0n) is 10.2. The number of nitrogens with zero attached hydrogens (tertiary/aromatic N) is 1. The van der Waals surface area contributed by atoms with Crippen LogP contribution >= 0.6 is 116 Å². The first-order chi connectivity index (χ1) is 10.6. The van der Waals surface area contributed by atoms with Crippen LogP contribution in [0.4, 0.5) is 11.4 Å². The Morgan fingerprint density at radius 2 is 0.478 bits per heavy atom. The van der Waals surface area contributed by atoms with Crippen molar-refractivity contribution >= 4 is 127 Å². The average molecular weight is 513 g/mol. The van der Waals surface area contributed by atoms with Gasteiger partial charge in [-0.15, -0.1) is 0 Å². The lowest BCUT2D eigenvalue weighted by Gasteiger charge is -2.16. The lowest BCUT2D eigenvalue weighted by atomic mass is 10.2. The smallest absolute Gasteiger partial charge is 0.104 e. The van der Waals surface area contributed by atoms with Crippen molar-refractivity contribution in [3.63, 3.8) is 0 Å². The fourth-order valence-electron chi connectivity index (χ4n) is 1.49. The summed E-state index contributed by atoms with van der Waals surface area (Å²) in [6.07, 6.45) is 0. The Morgan fingerprint density at radius 1 is 0.304 bits per heavy atom. The molecule has 0 aliphatic heterocycles. The van der Waals surface area contributed by atoms with Crippen LogP contribution in [0, 0.1) is 0 Å². The van der Waals surface area contributed by atoms with Crippen molar-refractivity contribution in [1.29, 1.82) is 0 Å². The molecule has 0 bridgehead atoms. The molecule has 1 radical (unpaired) electrons. The molecule has 0 unspecified atom stereocenters. The van der Waals surface area contributed by atoms with E-state index >= 15 is 0 Å². The van der Waals surface area contributed by atoms with Gasteiger partial charge in [0.15, 0.2) is 0 Å². The molecule has 0 aliphatic carbocycles. The van der Waals surface area contributed by atoms with Gasteiger partial charge in [-0.2, -0.15) is 0 Å². The molecule has 0 aromatic heterocycles. The minimum atomic E-state index is -0.0413. The molecule has 0 saturated heterocycles. The van der Waals surface area contributed by atoms with Gasteiger partial charge in [-0.25, -0.2) is 5.32 Å². The highest BCUT2D eigenvalue weighted by Crippen LogP contribution is 2.52. The van der Waals surface area contributed by atoms with Gasteiger partial charge < -0.3 is 0 Å². The summed E-state index contributed by atoms with van der Waals surface area (Å²) in [7, 11) is 0. The number of hydrogen-bond acceptors (Lipinski definition) is 0. The van der Waals surface area contributed by atoms with Crippen LogP contribution in [0.15, 0.2) is 0 Å². The second-order valence-corrected chi connectivity index (χ2v) is 7.73. The van der Waals surface area contributed by atoms with Gasteiger partial charge in [0.2, 0.25) is 0 Å². The third kappa shape index (κ3) is 3.66. The molecule has 2 aromatic rings. The molecule has 0 aliphatic rings. The number of rotatable bonds is 2. The second-order valence-electron chi connectivity index (χ2n) is 3.95. The molecule has 2 aromatic carbocycles. The fourth-order valence-corrected chi connectivity index (χ4v) is 3.92. The highest BCUT2D eigenvalue weighted by molar-refractivity contribution is 6.58. The highest BCUT2D eigenvalue weighted by Gasteiger charge is 2.25. The summed E-state index contributed by atoms with van der Waals surface area (Å²) < 4.78 is 0. The van der Waals surface area contributed by atoms with E-state index in [1.54, 1.807) is 0 Å². The molecule has 2 rings (SSSR count). The summed E-state index contributed by atoms with van der Waals surface area (Å²) in [6.45, 7) is 0. The maximum absolute atomic E-state index is 6.11. The van der Waals surface area contributed by atoms with Gasteiger partial charge in [0.1, 0.15) is 11.4 Å². The Hall–Kier alpha value is 1.14. The summed E-state index contributed by atoms with van der Waals surface area (Å²) in [6, 6.07) is 0. The minimum Gasteiger partial charge on any atom is -0.243 e. The van der Waals surface area contributed by atoms with E-state index in [9.17, 15) is 0 Å². The summed E-state index contributed by atoms with van der Waals surface area (Å²) >= 11 is 60.2. The monoisotopic (exact) mass is 508 g/mol. The Kier molecular flexibility index (Phi) is 6.93. The Morgan fingerprint density at radius 3 is 0.696 bits per heavy atom. The van der Waals surface area contributed by atoms with Crippen LogP contribution in [0.3, 0.4) is 0 Å². The highest BCUT2D eigenvalue weighted by atomic mass is 35.5. The molecule has 23 heavy (non-hydrogen) atoms. The fraction of sp³-hybridized carbons (Fsp3) is 0. The van der Waals surface area contributed by atoms with Gasteiger partial charge in [-0.1, -0.05) is 116 Å². The maximum Gasteiger partial charge on any atom is 0.104 e. The van der Waals surface area contributed by atoms with E-state index in [0.29, 0.717) is 0 Å². The lowest BCUT2D eigenvalue weighted by molar-refractivity contribution is 1.19. The van der Waals surface area contributed by atoms with Gasteiger partial charge in [-0.05, 0) is 0 Å². The van der Waals surface area contributed by atoms with E-state index in [2.05, 4.69) is 5.32 Å². The minimum absolute atomic E-state index is 0.00555. The summed E-state index contributed by atoms with van der Waals surface area (Å²) in [5.41, 5.74) is 0.0111. The molecule has 1 nitrogen and oxygen atoms in total. The first-order valence-electron chi connectivity index (χ1n) is 5.34. The van der Waals surface area contributed by atoms with Crippen LogP contribution in [0.25, 0.3) is 0 Å². The molecule has 0 heterocycles. The number of benzene rings is 2. The standard InChI is InChI=1S/C12Cl10N/c13-1-3(15)7(19)11(8(20)4(1)16)23-12-9(21)5(17)2(14)6(18)10(12)22. The largest absolute Gasteiger partial charge is 0.243 e. The number of hydrogen-bond donors (Lipinski definition) is 0. The van der Waals surface area contributed by atoms with E-state index in [1.165, 1.54) is 0 Å². The van der Waals surface area contributed by atoms with Gasteiger partial charge in [0.05, 0.1) is 50.2 Å². The van der Waals surface area contributed by atoms with Crippen LogP contribution < -0.4 is 5.32 Å². The molecule has 123 valence electrons. The SMILES string of the molecule is Clc1c(Cl)c(Cl)c([N]c2c(Cl)c(Cl)c(Cl)c(Cl)c2Cl)c(Cl)c1Cl. The number of halogens is 10. The molecule has 0 fully saturated rings. The van der Waals surface area contributed by atoms with E-state index in [1.807, 2.05) is 0 Å². The van der Waals surface area contributed by atoms with Crippen LogP contribution in [-0.4, -0.2) is 0 Å². The molecular weight excluding hydrogens is 513 g/mol. The van der Waals surface area contributed by atoms with E-state index in [-0.39, 0.29) is 61.6 Å². The first-order valence-corrected chi connectivity index (χ1v) is 9.12. The van der Waals surface area contributed by atoms with Crippen molar-refractivity contribution in [3.8, 4) is 0 Å². The Labute approximate surface area is 181 Å². The third-order valence-electron chi connectivity index (χ3n) is 2.60. The molecule has 0 spiro atoms. The van der Waals surface area contributed by atoms with E-state index in [4.69, 9.17) is 116 Å². The van der Waals surface area contributed by atoms with Crippen LogP contribution in [0.1, 0.15) is 0 Å². The quantitative estimate of drug-likeness (QED) is 0.281. The summed E-state index contributed by atoms with van der Waals surface area (Å²) in [5, 5.41) is 3.89. The molecular formula is C12Cl10N. The van der Waals surface area contributed by atoms with Crippen molar-refractivity contribution in [2.75, 3.05) is 0 Å². The molecule has 0 amide bonds. The van der Waals surface area contributed by atoms with Crippen LogP contribution in [0.5, 0.6) is 0 Å². The molecule has 0 N–H and O–H groups in total. The zero-order chi connectivity index (χ0) is 17.6. The maximum atomic E-state index is 6.11. The van der Waals surface area contributed by atoms with Crippen molar-refractivity contribution in [1.82, 2.24) is 5.32 Å². The van der Waals surface area contributed by atoms with Crippen LogP contribution in [0.2, 0.25) is 50.2 Å². The summed E-state index contributed by atoms with van der Waals surface area (Å²) in [5.74, 6) is 0. The molecule has 11 heteroatoms. The first kappa shape index (κ1) is 20.5. The molecule has 0 saturated carbocycles. The van der Waals surface area contributed by atoms with Gasteiger partial charge in [0.25, 0.3) is 0 Å². The van der Waals surface area contributed by atoms with Crippen molar-refractivity contribution < 1.29 is 0 Å². The van der Waals surface area contributed by atoms with Crippen molar-refractivity contribution in [2.45, 2.75) is 0 Å². The van der Waals surface area contributed by atoms with Crippen molar-refractivity contribution in [3.05, 3.63) is 50.2 Å². The normalized spacial score (nSPS) is 11.0. The average Bonchev–Trinajstić information content (AvgIpc) is 2.54. The van der Waals surface area contributed by atoms with Gasteiger partial charge in [-0.3, -0.25) is 0 Å². The van der Waals surface area contributed by atoms with E-state index < -0.39 is 0 Å². The topological polar surface area (TPSA) is 14.1 Å². The third-order valence-corrected chi connectivity index (χ3v) is 7.11. The lowest BCUT2D eigenvalue weighted by Crippen LogP contribution is -1.96. The molecule has 0 atom stereocenters.